The molecule has 0 saturated carbocycles. The van der Waals surface area contributed by atoms with Crippen molar-refractivity contribution < 1.29 is 62.6 Å². The molecule has 0 aliphatic carbocycles. The van der Waals surface area contributed by atoms with Gasteiger partial charge in [0.15, 0.2) is 0 Å². The average Bonchev–Trinajstić information content (AvgIpc) is 1.90. The van der Waals surface area contributed by atoms with E-state index in [1.54, 1.807) is 63.8 Å². The highest BCUT2D eigenvalue weighted by molar-refractivity contribution is 8.76. The van der Waals surface area contributed by atoms with Crippen LogP contribution in [0, 0.1) is 23.7 Å². The van der Waals surface area contributed by atoms with Gasteiger partial charge in [-0.2, -0.15) is 0 Å². The van der Waals surface area contributed by atoms with Gasteiger partial charge in [-0.15, -0.1) is 0 Å². The van der Waals surface area contributed by atoms with Crippen LogP contribution in [0.25, 0.3) is 0 Å². The number of rotatable bonds is 21. The van der Waals surface area contributed by atoms with E-state index in [0.29, 0.717) is 32.1 Å². The van der Waals surface area contributed by atoms with Crippen LogP contribution in [0.5, 0.6) is 0 Å². The molecule has 1 aliphatic heterocycles. The van der Waals surface area contributed by atoms with Crippen molar-refractivity contribution in [3.63, 3.8) is 0 Å². The summed E-state index contributed by atoms with van der Waals surface area (Å²) in [6, 6.07) is -3.29. The summed E-state index contributed by atoms with van der Waals surface area (Å²) < 4.78 is 0. The van der Waals surface area contributed by atoms with Crippen molar-refractivity contribution in [1.29, 1.82) is 0 Å². The number of hydrogen-bond donors (Lipinski definition) is 6. The number of pyridine rings is 1. The SMILES string of the molecule is C/C=C/C[C@@H](C)[C@@H](O)C1C(=O)N[C@@H](CC)C(=O)N(C)CC(=O)N(C)CC(=O)N[C@@H](CCCCNC(=O)CCCSSc2ccccn2)C(=O)N(C)CC(=O)NCC(=O)N[C@H](C)C(=O)N(C)[C@@H](CC(C)C)C(=O)N(C)[C@@H](CC(C)C)C(=O)N(C)[C@@H](C(C)C)C(=O)N1C. The Kier molecular flexibility index (Phi) is 35.5. The van der Waals surface area contributed by atoms with Crippen LogP contribution >= 0.6 is 21.6 Å². The Hall–Kier alpha value is -6.81. The Morgan fingerprint density at radius 2 is 1.24 bits per heavy atom. The van der Waals surface area contributed by atoms with Gasteiger partial charge in [0, 0.05) is 74.2 Å². The van der Waals surface area contributed by atoms with Gasteiger partial charge in [0.1, 0.15) is 47.3 Å². The summed E-state index contributed by atoms with van der Waals surface area (Å²) in [7, 11) is 12.7. The second-order valence-electron chi connectivity index (χ2n) is 24.8. The highest BCUT2D eigenvalue weighted by atomic mass is 33.1. The molecular formula is C63H105N13O13S2. The molecule has 1 aromatic heterocycles. The predicted octanol–water partition coefficient (Wildman–Crippen LogP) is 2.30. The molecule has 12 amide bonds. The number of allylic oxidation sites excluding steroid dienone is 2. The van der Waals surface area contributed by atoms with Crippen molar-refractivity contribution in [1.82, 2.24) is 65.9 Å². The fourth-order valence-corrected chi connectivity index (χ4v) is 12.3. The van der Waals surface area contributed by atoms with Gasteiger partial charge in [-0.05, 0) is 112 Å². The highest BCUT2D eigenvalue weighted by Crippen LogP contribution is 2.30. The quantitative estimate of drug-likeness (QED) is 0.0584. The molecule has 6 N–H and O–H groups in total. The largest absolute Gasteiger partial charge is 0.390 e. The molecule has 1 saturated heterocycles. The van der Waals surface area contributed by atoms with E-state index in [-0.39, 0.29) is 50.0 Å². The number of aliphatic hydroxyl groups excluding tert-OH is 1. The zero-order valence-corrected chi connectivity index (χ0v) is 58.4. The van der Waals surface area contributed by atoms with Gasteiger partial charge < -0.3 is 66.0 Å². The minimum atomic E-state index is -1.62. The maximum atomic E-state index is 15.1. The molecule has 2 heterocycles. The van der Waals surface area contributed by atoms with E-state index in [0.717, 1.165) is 30.4 Å². The van der Waals surface area contributed by atoms with Crippen molar-refractivity contribution in [2.45, 2.75) is 180 Å². The van der Waals surface area contributed by atoms with Crippen LogP contribution in [0.2, 0.25) is 0 Å². The van der Waals surface area contributed by atoms with E-state index in [2.05, 4.69) is 31.6 Å². The van der Waals surface area contributed by atoms with Gasteiger partial charge in [-0.25, -0.2) is 4.98 Å². The molecule has 0 aromatic carbocycles. The number of likely N-dealkylation sites (N-methyl/N-ethyl adjacent to an activating group) is 7. The monoisotopic (exact) mass is 1320 g/mol. The number of carbonyl (C=O) groups is 12. The minimum absolute atomic E-state index is 0.00552. The highest BCUT2D eigenvalue weighted by Gasteiger charge is 2.45. The van der Waals surface area contributed by atoms with Gasteiger partial charge in [0.2, 0.25) is 70.9 Å². The summed E-state index contributed by atoms with van der Waals surface area (Å²) >= 11 is 0. The summed E-state index contributed by atoms with van der Waals surface area (Å²) in [6.07, 6.45) is 6.08. The number of nitrogens with zero attached hydrogens (tertiary/aromatic N) is 8. The van der Waals surface area contributed by atoms with Gasteiger partial charge in [0.25, 0.3) is 0 Å². The molecule has 0 spiro atoms. The molecule has 91 heavy (non-hydrogen) atoms. The molecule has 1 unspecified atom stereocenters. The van der Waals surface area contributed by atoms with E-state index < -0.39 is 151 Å². The van der Waals surface area contributed by atoms with Crippen molar-refractivity contribution in [3.05, 3.63) is 36.5 Å². The number of carbonyl (C=O) groups excluding carboxylic acids is 12. The van der Waals surface area contributed by atoms with E-state index in [1.165, 1.54) is 81.8 Å². The first-order valence-electron chi connectivity index (χ1n) is 31.4. The van der Waals surface area contributed by atoms with Crippen LogP contribution in [0.15, 0.2) is 41.6 Å². The molecule has 1 aliphatic rings. The van der Waals surface area contributed by atoms with E-state index in [9.17, 15) is 53.1 Å². The van der Waals surface area contributed by atoms with Crippen LogP contribution < -0.4 is 26.6 Å². The Bertz CT molecular complexity index is 2630. The summed E-state index contributed by atoms with van der Waals surface area (Å²) in [4.78, 5) is 181. The summed E-state index contributed by atoms with van der Waals surface area (Å²) in [5, 5.41) is 26.2. The maximum Gasteiger partial charge on any atom is 0.246 e. The number of amides is 12. The van der Waals surface area contributed by atoms with Crippen LogP contribution in [0.1, 0.15) is 127 Å². The summed E-state index contributed by atoms with van der Waals surface area (Å²) in [5.41, 5.74) is 0. The van der Waals surface area contributed by atoms with Gasteiger partial charge in [0.05, 0.1) is 32.3 Å². The third kappa shape index (κ3) is 26.4. The first-order chi connectivity index (χ1) is 42.7. The lowest BCUT2D eigenvalue weighted by Crippen LogP contribution is -2.63. The number of hydrogen-bond acceptors (Lipinski definition) is 16. The second-order valence-corrected chi connectivity index (χ2v) is 27.2. The molecule has 0 bridgehead atoms. The fraction of sp³-hybridized carbons (Fsp3) is 0.698. The van der Waals surface area contributed by atoms with Gasteiger partial charge in [-0.3, -0.25) is 57.5 Å². The number of aromatic nitrogens is 1. The van der Waals surface area contributed by atoms with Crippen LogP contribution in [-0.2, 0) is 57.5 Å². The molecule has 512 valence electrons. The minimum Gasteiger partial charge on any atom is -0.390 e. The smallest absolute Gasteiger partial charge is 0.246 e. The number of nitrogens with one attached hydrogen (secondary N) is 5. The molecular weight excluding hydrogens is 1210 g/mol. The van der Waals surface area contributed by atoms with Crippen molar-refractivity contribution >= 4 is 92.5 Å². The zero-order valence-electron chi connectivity index (χ0n) is 56.7. The van der Waals surface area contributed by atoms with Crippen LogP contribution in [0.4, 0.5) is 0 Å². The van der Waals surface area contributed by atoms with Gasteiger partial charge >= 0.3 is 0 Å². The Morgan fingerprint density at radius 1 is 0.670 bits per heavy atom. The summed E-state index contributed by atoms with van der Waals surface area (Å²) in [5.74, 6) is -8.85. The van der Waals surface area contributed by atoms with Crippen molar-refractivity contribution in [2.75, 3.05) is 87.8 Å². The molecule has 1 aromatic rings. The maximum absolute atomic E-state index is 15.1. The third-order valence-electron chi connectivity index (χ3n) is 15.7. The van der Waals surface area contributed by atoms with E-state index in [4.69, 9.17) is 0 Å². The van der Waals surface area contributed by atoms with Crippen molar-refractivity contribution in [2.24, 2.45) is 23.7 Å². The third-order valence-corrected chi connectivity index (χ3v) is 18.1. The average molecular weight is 1320 g/mol. The second kappa shape index (κ2) is 40.2. The van der Waals surface area contributed by atoms with E-state index >= 15 is 9.59 Å². The van der Waals surface area contributed by atoms with E-state index in [1.807, 2.05) is 45.9 Å². The zero-order chi connectivity index (χ0) is 69.0. The Morgan fingerprint density at radius 3 is 1.81 bits per heavy atom. The van der Waals surface area contributed by atoms with Gasteiger partial charge in [-0.1, -0.05) is 84.4 Å². The first kappa shape index (κ1) is 80.3. The number of aliphatic hydroxyl groups is 1. The van der Waals surface area contributed by atoms with Crippen LogP contribution in [0.3, 0.4) is 0 Å². The lowest BCUT2D eigenvalue weighted by molar-refractivity contribution is -0.157. The molecule has 9 atom stereocenters. The topological polar surface area (TPSA) is 321 Å². The number of unbranched alkanes of at least 4 members (excludes halogenated alkanes) is 1. The summed E-state index contributed by atoms with van der Waals surface area (Å²) in [6.45, 7) is 15.4. The van der Waals surface area contributed by atoms with Crippen LogP contribution in [-0.4, -0.2) is 251 Å². The Labute approximate surface area is 547 Å². The standard InChI is InChI=1S/C63H105N13O13S2/c1-18-20-26-42(9)56(82)55-57(83)69-44(19-2)59(85)72(13)38-53(81)70(11)37-51(80)68-45(27-21-23-30-64-48(77)28-25-32-90-91-52-29-22-24-31-65-52)60(86)71(12)36-50(79)66-35-49(78)67-43(10)58(84)73(14)46(33-39(3)4)61(87)74(15)47(34-40(5)6)62(88)75(16)54(41(7)8)63(89)76(55)17/h18,20,22,24,29,31,39-47,54-56,82H,19,21,23,25-28,30,32-38H2,1-17H3,(H,64,77)(H,66,79)(H,67,78)(H,68,80)(H,69,83)/b20-18+/t42-,43-,44+,45+,46+,47+,54+,55?,56-/m1/s1. The predicted molar refractivity (Wildman–Crippen MR) is 351 cm³/mol. The fourth-order valence-electron chi connectivity index (χ4n) is 10.4. The molecule has 26 nitrogen and oxygen atoms in total. The molecule has 2 rings (SSSR count). The van der Waals surface area contributed by atoms with Crippen molar-refractivity contribution in [3.8, 4) is 0 Å². The molecule has 28 heteroatoms. The lowest BCUT2D eigenvalue weighted by Gasteiger charge is -2.41. The lowest BCUT2D eigenvalue weighted by atomic mass is 9.91. The Balaban J connectivity index is 2.63. The molecule has 0 radical (unpaired) electrons. The first-order valence-corrected chi connectivity index (χ1v) is 33.7. The molecule has 1 fully saturated rings. The normalized spacial score (nSPS) is 23.1.